The SMILES string of the molecule is NC(=NO)C(NC(=O)c1ccc(Br)cc1)C1CC1. The van der Waals surface area contributed by atoms with Crippen molar-refractivity contribution in [3.8, 4) is 0 Å². The van der Waals surface area contributed by atoms with Crippen molar-refractivity contribution in [2.24, 2.45) is 16.8 Å². The van der Waals surface area contributed by atoms with Crippen LogP contribution in [0.4, 0.5) is 0 Å². The molecule has 0 heterocycles. The summed E-state index contributed by atoms with van der Waals surface area (Å²) < 4.78 is 0.911. The summed E-state index contributed by atoms with van der Waals surface area (Å²) in [5.74, 6) is 0.120. The first-order valence-electron chi connectivity index (χ1n) is 5.65. The number of rotatable bonds is 4. The lowest BCUT2D eigenvalue weighted by Crippen LogP contribution is -2.46. The molecule has 0 aromatic heterocycles. The molecule has 0 saturated heterocycles. The Hall–Kier alpha value is -1.56. The van der Waals surface area contributed by atoms with Gasteiger partial charge in [-0.2, -0.15) is 0 Å². The van der Waals surface area contributed by atoms with Crippen molar-refractivity contribution in [1.29, 1.82) is 0 Å². The Balaban J connectivity index is 2.07. The van der Waals surface area contributed by atoms with Gasteiger partial charge >= 0.3 is 0 Å². The Bertz CT molecular complexity index is 469. The summed E-state index contributed by atoms with van der Waals surface area (Å²) in [4.78, 5) is 12.0. The fourth-order valence-corrected chi connectivity index (χ4v) is 2.02. The number of oxime groups is 1. The summed E-state index contributed by atoms with van der Waals surface area (Å²) in [6, 6.07) is 6.64. The molecule has 1 aliphatic rings. The van der Waals surface area contributed by atoms with Crippen LogP contribution in [0.5, 0.6) is 0 Å². The van der Waals surface area contributed by atoms with E-state index in [9.17, 15) is 4.79 Å². The van der Waals surface area contributed by atoms with Crippen molar-refractivity contribution >= 4 is 27.7 Å². The Morgan fingerprint density at radius 1 is 1.44 bits per heavy atom. The summed E-state index contributed by atoms with van der Waals surface area (Å²) >= 11 is 3.31. The minimum Gasteiger partial charge on any atom is -0.409 e. The Morgan fingerprint density at radius 2 is 2.06 bits per heavy atom. The largest absolute Gasteiger partial charge is 0.409 e. The second kappa shape index (κ2) is 5.39. The minimum absolute atomic E-state index is 0.0583. The smallest absolute Gasteiger partial charge is 0.251 e. The Labute approximate surface area is 113 Å². The fraction of sp³-hybridized carbons (Fsp3) is 0.333. The molecule has 5 nitrogen and oxygen atoms in total. The third-order valence-corrected chi connectivity index (χ3v) is 3.45. The van der Waals surface area contributed by atoms with Crippen molar-refractivity contribution in [2.45, 2.75) is 18.9 Å². The van der Waals surface area contributed by atoms with Gasteiger partial charge in [-0.05, 0) is 43.0 Å². The summed E-state index contributed by atoms with van der Waals surface area (Å²) in [5.41, 5.74) is 6.14. The second-order valence-electron chi connectivity index (χ2n) is 4.32. The molecule has 1 amide bonds. The molecule has 96 valence electrons. The molecule has 4 N–H and O–H groups in total. The molecule has 1 aromatic carbocycles. The van der Waals surface area contributed by atoms with Crippen LogP contribution in [0, 0.1) is 5.92 Å². The van der Waals surface area contributed by atoms with Gasteiger partial charge < -0.3 is 16.3 Å². The van der Waals surface area contributed by atoms with Gasteiger partial charge in [0, 0.05) is 10.0 Å². The van der Waals surface area contributed by atoms with E-state index in [0.29, 0.717) is 5.56 Å². The van der Waals surface area contributed by atoms with Gasteiger partial charge in [0.2, 0.25) is 0 Å². The van der Waals surface area contributed by atoms with E-state index in [4.69, 9.17) is 10.9 Å². The van der Waals surface area contributed by atoms with Crippen LogP contribution in [0.15, 0.2) is 33.9 Å². The normalized spacial score (nSPS) is 17.3. The van der Waals surface area contributed by atoms with Gasteiger partial charge in [0.25, 0.3) is 5.91 Å². The van der Waals surface area contributed by atoms with E-state index in [1.54, 1.807) is 24.3 Å². The molecule has 18 heavy (non-hydrogen) atoms. The third kappa shape index (κ3) is 3.01. The quantitative estimate of drug-likeness (QED) is 0.342. The molecule has 0 aliphatic heterocycles. The zero-order chi connectivity index (χ0) is 13.1. The van der Waals surface area contributed by atoms with Crippen molar-refractivity contribution < 1.29 is 10.0 Å². The van der Waals surface area contributed by atoms with Crippen molar-refractivity contribution in [2.75, 3.05) is 0 Å². The summed E-state index contributed by atoms with van der Waals surface area (Å²) in [6.07, 6.45) is 1.98. The molecular weight excluding hydrogens is 298 g/mol. The number of nitrogens with zero attached hydrogens (tertiary/aromatic N) is 1. The fourth-order valence-electron chi connectivity index (χ4n) is 1.75. The number of nitrogens with two attached hydrogens (primary N) is 1. The van der Waals surface area contributed by atoms with Gasteiger partial charge in [-0.25, -0.2) is 0 Å². The van der Waals surface area contributed by atoms with Gasteiger partial charge in [0.05, 0.1) is 6.04 Å². The first kappa shape index (κ1) is 12.9. The third-order valence-electron chi connectivity index (χ3n) is 2.92. The average molecular weight is 312 g/mol. The molecule has 1 atom stereocenters. The second-order valence-corrected chi connectivity index (χ2v) is 5.24. The molecule has 1 saturated carbocycles. The van der Waals surface area contributed by atoms with Gasteiger partial charge in [-0.1, -0.05) is 21.1 Å². The highest BCUT2D eigenvalue weighted by Gasteiger charge is 2.35. The Kier molecular flexibility index (Phi) is 3.86. The molecule has 1 aromatic rings. The number of nitrogens with one attached hydrogen (secondary N) is 1. The molecule has 1 unspecified atom stereocenters. The maximum absolute atomic E-state index is 12.0. The number of carbonyl (C=O) groups excluding carboxylic acids is 1. The van der Waals surface area contributed by atoms with Crippen molar-refractivity contribution in [1.82, 2.24) is 5.32 Å². The molecule has 2 rings (SSSR count). The molecule has 0 spiro atoms. The Morgan fingerprint density at radius 3 is 2.56 bits per heavy atom. The van der Waals surface area contributed by atoms with Crippen molar-refractivity contribution in [3.63, 3.8) is 0 Å². The van der Waals surface area contributed by atoms with Gasteiger partial charge in [0.15, 0.2) is 5.84 Å². The first-order valence-corrected chi connectivity index (χ1v) is 6.45. The number of benzene rings is 1. The van der Waals surface area contributed by atoms with Crippen LogP contribution >= 0.6 is 15.9 Å². The van der Waals surface area contributed by atoms with E-state index >= 15 is 0 Å². The molecule has 0 bridgehead atoms. The monoisotopic (exact) mass is 311 g/mol. The van der Waals surface area contributed by atoms with Crippen LogP contribution in [0.25, 0.3) is 0 Å². The standard InChI is InChI=1S/C12H14BrN3O2/c13-9-5-3-8(4-6-9)12(17)15-10(7-1-2-7)11(14)16-18/h3-7,10,18H,1-2H2,(H2,14,16)(H,15,17). The highest BCUT2D eigenvalue weighted by Crippen LogP contribution is 2.32. The van der Waals surface area contributed by atoms with E-state index in [1.165, 1.54) is 0 Å². The predicted molar refractivity (Wildman–Crippen MR) is 71.5 cm³/mol. The number of hydrogen-bond donors (Lipinski definition) is 3. The van der Waals surface area contributed by atoms with E-state index in [-0.39, 0.29) is 23.7 Å². The van der Waals surface area contributed by atoms with E-state index < -0.39 is 0 Å². The highest BCUT2D eigenvalue weighted by molar-refractivity contribution is 9.10. The average Bonchev–Trinajstić information content (AvgIpc) is 3.20. The molecule has 1 fully saturated rings. The molecule has 6 heteroatoms. The van der Waals surface area contributed by atoms with Gasteiger partial charge in [0.1, 0.15) is 0 Å². The van der Waals surface area contributed by atoms with Crippen molar-refractivity contribution in [3.05, 3.63) is 34.3 Å². The van der Waals surface area contributed by atoms with Crippen LogP contribution in [0.2, 0.25) is 0 Å². The lowest BCUT2D eigenvalue weighted by Gasteiger charge is -2.16. The predicted octanol–water partition coefficient (Wildman–Crippen LogP) is 1.70. The van der Waals surface area contributed by atoms with Gasteiger partial charge in [-0.15, -0.1) is 0 Å². The zero-order valence-corrected chi connectivity index (χ0v) is 11.2. The van der Waals surface area contributed by atoms with E-state index in [0.717, 1.165) is 17.3 Å². The van der Waals surface area contributed by atoms with Crippen LogP contribution in [0.1, 0.15) is 23.2 Å². The number of amides is 1. The van der Waals surface area contributed by atoms with E-state index in [1.807, 2.05) is 0 Å². The molecule has 1 aliphatic carbocycles. The van der Waals surface area contributed by atoms with Crippen LogP contribution in [-0.2, 0) is 0 Å². The number of halogens is 1. The summed E-state index contributed by atoms with van der Waals surface area (Å²) in [6.45, 7) is 0. The number of hydrogen-bond acceptors (Lipinski definition) is 3. The van der Waals surface area contributed by atoms with Crippen LogP contribution in [-0.4, -0.2) is 23.0 Å². The number of amidine groups is 1. The minimum atomic E-state index is -0.383. The topological polar surface area (TPSA) is 87.7 Å². The lowest BCUT2D eigenvalue weighted by atomic mass is 10.1. The van der Waals surface area contributed by atoms with Crippen LogP contribution in [0.3, 0.4) is 0 Å². The summed E-state index contributed by atoms with van der Waals surface area (Å²) in [7, 11) is 0. The highest BCUT2D eigenvalue weighted by atomic mass is 79.9. The number of carbonyl (C=O) groups is 1. The summed E-state index contributed by atoms with van der Waals surface area (Å²) in [5, 5.41) is 14.5. The lowest BCUT2D eigenvalue weighted by molar-refractivity contribution is 0.0943. The first-order chi connectivity index (χ1) is 8.61. The maximum atomic E-state index is 12.0. The van der Waals surface area contributed by atoms with Gasteiger partial charge in [-0.3, -0.25) is 4.79 Å². The van der Waals surface area contributed by atoms with E-state index in [2.05, 4.69) is 26.4 Å². The molecule has 0 radical (unpaired) electrons. The van der Waals surface area contributed by atoms with Crippen LogP contribution < -0.4 is 11.1 Å². The maximum Gasteiger partial charge on any atom is 0.251 e. The molecular formula is C12H14BrN3O2. The zero-order valence-electron chi connectivity index (χ0n) is 9.64.